The molecule has 0 saturated carbocycles. The van der Waals surface area contributed by atoms with Crippen LogP contribution in [0.1, 0.15) is 10.4 Å². The molecule has 0 spiro atoms. The zero-order valence-corrected chi connectivity index (χ0v) is 10.8. The van der Waals surface area contributed by atoms with Crippen LogP contribution >= 0.6 is 8.15 Å². The lowest BCUT2D eigenvalue weighted by Crippen LogP contribution is -2.33. The first-order valence-corrected chi connectivity index (χ1v) is 7.27. The quantitative estimate of drug-likeness (QED) is 0.667. The smallest absolute Gasteiger partial charge is 0.340 e. The van der Waals surface area contributed by atoms with Gasteiger partial charge in [0.25, 0.3) is 0 Å². The van der Waals surface area contributed by atoms with Crippen molar-refractivity contribution in [3.8, 4) is 0 Å². The highest BCUT2D eigenvalue weighted by molar-refractivity contribution is 7.69. The van der Waals surface area contributed by atoms with Crippen molar-refractivity contribution in [2.45, 2.75) is 6.29 Å². The van der Waals surface area contributed by atoms with Crippen LogP contribution in [0.2, 0.25) is 0 Å². The number of ether oxygens (including phenoxy) is 2. The lowest BCUT2D eigenvalue weighted by Gasteiger charge is -2.24. The molecule has 1 aliphatic rings. The summed E-state index contributed by atoms with van der Waals surface area (Å²) in [5.74, 6) is -0.480. The van der Waals surface area contributed by atoms with E-state index in [0.29, 0.717) is 24.2 Å². The summed E-state index contributed by atoms with van der Waals surface area (Å²) in [5, 5.41) is 0. The van der Waals surface area contributed by atoms with E-state index in [1.807, 2.05) is 6.07 Å². The third-order valence-electron chi connectivity index (χ3n) is 2.40. The van der Waals surface area contributed by atoms with Gasteiger partial charge in [0, 0.05) is 0 Å². The molecule has 0 fully saturated rings. The maximum absolute atomic E-state index is 11.8. The number of aliphatic imine (C=N–C) groups is 1. The van der Waals surface area contributed by atoms with Crippen molar-refractivity contribution in [3.05, 3.63) is 35.9 Å². The zero-order chi connectivity index (χ0) is 13.0. The standard InChI is InChI=1S/C12H14NO4P/c1-18(15)10-12(16-8-7-13-10)17-11(14)9-5-3-2-4-6-9/h2-6,12,15H,7-8H2,1H3. The molecule has 5 nitrogen and oxygen atoms in total. The van der Waals surface area contributed by atoms with Gasteiger partial charge in [-0.2, -0.15) is 0 Å². The molecule has 96 valence electrons. The number of carbonyl (C=O) groups is 1. The van der Waals surface area contributed by atoms with Gasteiger partial charge >= 0.3 is 5.97 Å². The van der Waals surface area contributed by atoms with Gasteiger partial charge in [-0.3, -0.25) is 4.99 Å². The van der Waals surface area contributed by atoms with Gasteiger partial charge in [-0.15, -0.1) is 0 Å². The molecule has 18 heavy (non-hydrogen) atoms. The highest BCUT2D eigenvalue weighted by Gasteiger charge is 2.28. The number of benzene rings is 1. The van der Waals surface area contributed by atoms with Crippen molar-refractivity contribution in [1.29, 1.82) is 0 Å². The molecule has 1 heterocycles. The molecular formula is C12H14NO4P. The zero-order valence-electron chi connectivity index (χ0n) is 9.94. The first-order chi connectivity index (χ1) is 8.68. The fraction of sp³-hybridized carbons (Fsp3) is 0.333. The van der Waals surface area contributed by atoms with Gasteiger partial charge in [0.05, 0.1) is 26.9 Å². The number of hydrogen-bond donors (Lipinski definition) is 1. The van der Waals surface area contributed by atoms with Crippen molar-refractivity contribution < 1.29 is 19.2 Å². The van der Waals surface area contributed by atoms with Gasteiger partial charge in [0.1, 0.15) is 5.45 Å². The molecule has 0 amide bonds. The highest BCUT2D eigenvalue weighted by atomic mass is 31.1. The molecule has 1 aromatic rings. The summed E-state index contributed by atoms with van der Waals surface area (Å²) in [7, 11) is -1.41. The maximum Gasteiger partial charge on any atom is 0.340 e. The van der Waals surface area contributed by atoms with Crippen LogP contribution in [-0.2, 0) is 9.47 Å². The Balaban J connectivity index is 2.07. The van der Waals surface area contributed by atoms with E-state index in [9.17, 15) is 9.69 Å². The molecule has 2 unspecified atom stereocenters. The first-order valence-electron chi connectivity index (χ1n) is 5.53. The Morgan fingerprint density at radius 3 is 2.89 bits per heavy atom. The average molecular weight is 267 g/mol. The van der Waals surface area contributed by atoms with Crippen LogP contribution in [0.15, 0.2) is 35.3 Å². The number of carbonyl (C=O) groups excluding carboxylic acids is 1. The SMILES string of the molecule is CP(O)C1=NCCOC1OC(=O)c1ccccc1. The molecule has 1 aliphatic heterocycles. The van der Waals surface area contributed by atoms with Crippen LogP contribution in [0.3, 0.4) is 0 Å². The molecule has 1 aromatic carbocycles. The maximum atomic E-state index is 11.8. The van der Waals surface area contributed by atoms with Crippen LogP contribution in [0.4, 0.5) is 0 Å². The summed E-state index contributed by atoms with van der Waals surface area (Å²) in [6.45, 7) is 2.51. The molecule has 2 rings (SSSR count). The topological polar surface area (TPSA) is 68.1 Å². The summed E-state index contributed by atoms with van der Waals surface area (Å²) in [6.07, 6.45) is -0.868. The van der Waals surface area contributed by atoms with Crippen LogP contribution in [0, 0.1) is 0 Å². The highest BCUT2D eigenvalue weighted by Crippen LogP contribution is 2.31. The van der Waals surface area contributed by atoms with Gasteiger partial charge in [-0.05, 0) is 18.8 Å². The molecule has 2 atom stereocenters. The minimum atomic E-state index is -1.41. The third-order valence-corrected chi connectivity index (χ3v) is 3.42. The van der Waals surface area contributed by atoms with Crippen molar-refractivity contribution in [2.24, 2.45) is 4.99 Å². The number of rotatable bonds is 3. The molecule has 0 saturated heterocycles. The number of hydrogen-bond acceptors (Lipinski definition) is 5. The van der Waals surface area contributed by atoms with E-state index in [2.05, 4.69) is 4.99 Å². The Hall–Kier alpha value is -1.29. The van der Waals surface area contributed by atoms with E-state index < -0.39 is 20.4 Å². The summed E-state index contributed by atoms with van der Waals surface area (Å²) >= 11 is 0. The second kappa shape index (κ2) is 6.05. The normalized spacial score (nSPS) is 21.0. The second-order valence-electron chi connectivity index (χ2n) is 3.74. The molecule has 0 radical (unpaired) electrons. The Labute approximate surface area is 106 Å². The summed E-state index contributed by atoms with van der Waals surface area (Å²) in [6, 6.07) is 8.66. The predicted molar refractivity (Wildman–Crippen MR) is 69.0 cm³/mol. The minimum Gasteiger partial charge on any atom is -0.426 e. The van der Waals surface area contributed by atoms with Crippen molar-refractivity contribution in [3.63, 3.8) is 0 Å². The summed E-state index contributed by atoms with van der Waals surface area (Å²) in [5.41, 5.74) is 0.866. The van der Waals surface area contributed by atoms with Gasteiger partial charge in [0.15, 0.2) is 0 Å². The summed E-state index contributed by atoms with van der Waals surface area (Å²) < 4.78 is 10.5. The van der Waals surface area contributed by atoms with E-state index in [0.717, 1.165) is 0 Å². The number of nitrogens with zero attached hydrogens (tertiary/aromatic N) is 1. The van der Waals surface area contributed by atoms with E-state index in [4.69, 9.17) is 9.47 Å². The Bertz CT molecular complexity index is 447. The van der Waals surface area contributed by atoms with Crippen LogP contribution < -0.4 is 0 Å². The van der Waals surface area contributed by atoms with Crippen molar-refractivity contribution >= 4 is 19.6 Å². The Kier molecular flexibility index (Phi) is 4.42. The summed E-state index contributed by atoms with van der Waals surface area (Å²) in [4.78, 5) is 25.6. The third kappa shape index (κ3) is 3.13. The van der Waals surface area contributed by atoms with Crippen LogP contribution in [0.5, 0.6) is 0 Å². The van der Waals surface area contributed by atoms with Crippen molar-refractivity contribution in [2.75, 3.05) is 19.8 Å². The van der Waals surface area contributed by atoms with Gasteiger partial charge in [-0.1, -0.05) is 18.2 Å². The van der Waals surface area contributed by atoms with Crippen molar-refractivity contribution in [1.82, 2.24) is 0 Å². The van der Waals surface area contributed by atoms with E-state index in [1.165, 1.54) is 0 Å². The van der Waals surface area contributed by atoms with Crippen LogP contribution in [0.25, 0.3) is 0 Å². The Morgan fingerprint density at radius 2 is 2.22 bits per heavy atom. The fourth-order valence-electron chi connectivity index (χ4n) is 1.55. The van der Waals surface area contributed by atoms with Gasteiger partial charge < -0.3 is 14.4 Å². The number of esters is 1. The molecular weight excluding hydrogens is 253 g/mol. The lowest BCUT2D eigenvalue weighted by atomic mass is 10.2. The molecule has 0 aromatic heterocycles. The van der Waals surface area contributed by atoms with E-state index in [1.54, 1.807) is 30.9 Å². The van der Waals surface area contributed by atoms with E-state index in [-0.39, 0.29) is 0 Å². The molecule has 0 bridgehead atoms. The fourth-order valence-corrected chi connectivity index (χ4v) is 2.29. The van der Waals surface area contributed by atoms with Gasteiger partial charge in [-0.25, -0.2) is 4.79 Å². The monoisotopic (exact) mass is 267 g/mol. The molecule has 0 aliphatic carbocycles. The molecule has 1 N–H and O–H groups in total. The predicted octanol–water partition coefficient (Wildman–Crippen LogP) is 1.62. The largest absolute Gasteiger partial charge is 0.426 e. The van der Waals surface area contributed by atoms with Gasteiger partial charge in [0.2, 0.25) is 6.29 Å². The Morgan fingerprint density at radius 1 is 1.50 bits per heavy atom. The van der Waals surface area contributed by atoms with Crippen LogP contribution in [-0.4, -0.2) is 42.4 Å². The second-order valence-corrected chi connectivity index (χ2v) is 5.24. The minimum absolute atomic E-state index is 0.388. The van der Waals surface area contributed by atoms with E-state index >= 15 is 0 Å². The molecule has 6 heteroatoms. The first kappa shape index (κ1) is 13.1. The average Bonchev–Trinajstić information content (AvgIpc) is 2.40. The lowest BCUT2D eigenvalue weighted by molar-refractivity contribution is -0.0694.